The first-order valence-corrected chi connectivity index (χ1v) is 12.0. The van der Waals surface area contributed by atoms with Crippen LogP contribution in [-0.4, -0.2) is 38.6 Å². The first kappa shape index (κ1) is 22.9. The summed E-state index contributed by atoms with van der Waals surface area (Å²) in [6.45, 7) is 8.06. The summed E-state index contributed by atoms with van der Waals surface area (Å²) in [5.41, 5.74) is 7.09. The fourth-order valence-electron chi connectivity index (χ4n) is 4.32. The second kappa shape index (κ2) is 8.70. The summed E-state index contributed by atoms with van der Waals surface area (Å²) in [6.07, 6.45) is 1.73. The molecule has 0 spiro atoms. The molecule has 0 bridgehead atoms. The number of carbonyl (C=O) groups is 1. The Labute approximate surface area is 208 Å². The quantitative estimate of drug-likeness (QED) is 0.505. The van der Waals surface area contributed by atoms with Gasteiger partial charge in [-0.1, -0.05) is 29.8 Å². The molecule has 8 heteroatoms. The van der Waals surface area contributed by atoms with Gasteiger partial charge in [-0.3, -0.25) is 10.2 Å². The number of ether oxygens (including phenoxy) is 1. The lowest BCUT2D eigenvalue weighted by molar-refractivity contribution is -0.114. The van der Waals surface area contributed by atoms with Crippen LogP contribution in [0, 0.1) is 33.1 Å². The van der Waals surface area contributed by atoms with Gasteiger partial charge in [0, 0.05) is 17.0 Å². The van der Waals surface area contributed by atoms with Gasteiger partial charge in [-0.05, 0) is 80.9 Å². The minimum Gasteiger partial charge on any atom is -0.495 e. The van der Waals surface area contributed by atoms with Crippen LogP contribution in [0.25, 0.3) is 11.8 Å². The van der Waals surface area contributed by atoms with Crippen molar-refractivity contribution in [2.75, 3.05) is 7.11 Å². The van der Waals surface area contributed by atoms with E-state index in [1.165, 1.54) is 16.8 Å². The van der Waals surface area contributed by atoms with Crippen LogP contribution in [0.4, 0.5) is 0 Å². The van der Waals surface area contributed by atoms with Gasteiger partial charge in [0.15, 0.2) is 5.84 Å². The molecular weight excluding hydrogens is 458 g/mol. The number of rotatable bonds is 4. The average Bonchev–Trinajstić information content (AvgIpc) is 3.37. The number of aromatic nitrogens is 1. The zero-order valence-corrected chi connectivity index (χ0v) is 21.0. The number of nitrogens with zero attached hydrogens (tertiary/aromatic N) is 4. The van der Waals surface area contributed by atoms with E-state index in [1.807, 2.05) is 70.2 Å². The maximum atomic E-state index is 13.0. The molecule has 0 saturated carbocycles. The van der Waals surface area contributed by atoms with Crippen LogP contribution in [0.1, 0.15) is 33.6 Å². The second-order valence-corrected chi connectivity index (χ2v) is 9.59. The van der Waals surface area contributed by atoms with Gasteiger partial charge in [-0.15, -0.1) is 0 Å². The molecule has 2 aliphatic heterocycles. The molecule has 0 unspecified atom stereocenters. The van der Waals surface area contributed by atoms with Crippen LogP contribution in [0.2, 0.25) is 0 Å². The molecule has 0 aliphatic carbocycles. The normalized spacial score (nSPS) is 16.5. The lowest BCUT2D eigenvalue weighted by Crippen LogP contribution is -2.35. The Hall–Kier alpha value is -3.91. The van der Waals surface area contributed by atoms with Crippen molar-refractivity contribution in [3.8, 4) is 11.4 Å². The zero-order valence-electron chi connectivity index (χ0n) is 20.2. The topological polar surface area (TPSA) is 83.0 Å². The van der Waals surface area contributed by atoms with Crippen LogP contribution in [0.3, 0.4) is 0 Å². The van der Waals surface area contributed by atoms with E-state index >= 15 is 0 Å². The molecule has 2 aliphatic rings. The minimum atomic E-state index is -0.438. The highest BCUT2D eigenvalue weighted by molar-refractivity contribution is 8.27. The van der Waals surface area contributed by atoms with E-state index in [0.29, 0.717) is 5.17 Å². The van der Waals surface area contributed by atoms with Crippen LogP contribution < -0.4 is 4.74 Å². The number of hydrogen-bond donors (Lipinski definition) is 1. The number of carbonyl (C=O) groups excluding carboxylic acids is 1. The van der Waals surface area contributed by atoms with Gasteiger partial charge in [0.25, 0.3) is 5.91 Å². The van der Waals surface area contributed by atoms with E-state index in [1.54, 1.807) is 13.2 Å². The SMILES string of the molecule is COc1ccc(C)cc1-n1c(C)cc(/C=C2/C(=N)N3N=C(c4cccc(C)c4)SC3=NC2=O)c1C. The Kier molecular flexibility index (Phi) is 5.68. The fraction of sp³-hybridized carbons (Fsp3) is 0.185. The van der Waals surface area contributed by atoms with Crippen LogP contribution >= 0.6 is 11.8 Å². The fourth-order valence-corrected chi connectivity index (χ4v) is 5.21. The summed E-state index contributed by atoms with van der Waals surface area (Å²) in [6, 6.07) is 16.0. The van der Waals surface area contributed by atoms with Gasteiger partial charge < -0.3 is 9.30 Å². The van der Waals surface area contributed by atoms with Crippen molar-refractivity contribution in [1.29, 1.82) is 5.41 Å². The van der Waals surface area contributed by atoms with Crippen LogP contribution in [0.15, 0.2) is 64.2 Å². The highest BCUT2D eigenvalue weighted by Gasteiger charge is 2.36. The van der Waals surface area contributed by atoms with Crippen LogP contribution in [-0.2, 0) is 4.79 Å². The molecule has 5 rings (SSSR count). The maximum absolute atomic E-state index is 13.0. The van der Waals surface area contributed by atoms with Gasteiger partial charge in [0.05, 0.1) is 18.4 Å². The van der Waals surface area contributed by atoms with Crippen molar-refractivity contribution in [3.63, 3.8) is 0 Å². The predicted octanol–water partition coefficient (Wildman–Crippen LogP) is 5.39. The van der Waals surface area contributed by atoms with E-state index in [4.69, 9.17) is 10.1 Å². The summed E-state index contributed by atoms with van der Waals surface area (Å²) in [5.74, 6) is 0.347. The third-order valence-corrected chi connectivity index (χ3v) is 7.02. The number of fused-ring (bicyclic) bond motifs is 1. The van der Waals surface area contributed by atoms with Crippen molar-refractivity contribution >= 4 is 39.8 Å². The molecule has 1 amide bonds. The van der Waals surface area contributed by atoms with Crippen molar-refractivity contribution in [1.82, 2.24) is 9.58 Å². The predicted molar refractivity (Wildman–Crippen MR) is 142 cm³/mol. The molecule has 0 atom stereocenters. The van der Waals surface area contributed by atoms with Crippen molar-refractivity contribution < 1.29 is 9.53 Å². The third-order valence-electron chi connectivity index (χ3n) is 6.06. The van der Waals surface area contributed by atoms with Gasteiger partial charge in [-0.25, -0.2) is 0 Å². The number of benzene rings is 2. The van der Waals surface area contributed by atoms with Crippen molar-refractivity contribution in [3.05, 3.63) is 87.7 Å². The maximum Gasteiger partial charge on any atom is 0.283 e. The van der Waals surface area contributed by atoms with E-state index in [9.17, 15) is 4.79 Å². The van der Waals surface area contributed by atoms with E-state index in [0.717, 1.165) is 50.1 Å². The second-order valence-electron chi connectivity index (χ2n) is 8.63. The zero-order chi connectivity index (χ0) is 24.9. The van der Waals surface area contributed by atoms with E-state index < -0.39 is 5.91 Å². The standard InChI is InChI=1S/C27H25N5O2S/c1-15-7-6-8-19(11-15)26-30-32-24(28)21(25(33)29-27(32)35-26)14-20-13-17(3)31(18(20)4)22-12-16(2)9-10-23(22)34-5/h6-14,28H,1-5H3/b21-14-,28-24?. The lowest BCUT2D eigenvalue weighted by atomic mass is 10.1. The average molecular weight is 484 g/mol. The number of thioether (sulfide) groups is 1. The lowest BCUT2D eigenvalue weighted by Gasteiger charge is -2.20. The third kappa shape index (κ3) is 4.00. The number of amidine groups is 2. The Balaban J connectivity index is 1.53. The molecule has 2 aromatic carbocycles. The summed E-state index contributed by atoms with van der Waals surface area (Å²) < 4.78 is 7.69. The Bertz CT molecular complexity index is 1500. The van der Waals surface area contributed by atoms with Gasteiger partial charge in [-0.2, -0.15) is 15.1 Å². The molecule has 176 valence electrons. The van der Waals surface area contributed by atoms with Crippen LogP contribution in [0.5, 0.6) is 5.75 Å². The van der Waals surface area contributed by atoms with Gasteiger partial charge in [0.2, 0.25) is 5.17 Å². The Morgan fingerprint density at radius 2 is 1.80 bits per heavy atom. The smallest absolute Gasteiger partial charge is 0.283 e. The number of aryl methyl sites for hydroxylation is 3. The highest BCUT2D eigenvalue weighted by atomic mass is 32.2. The van der Waals surface area contributed by atoms with Gasteiger partial charge >= 0.3 is 0 Å². The van der Waals surface area contributed by atoms with Gasteiger partial charge in [0.1, 0.15) is 10.8 Å². The molecule has 0 saturated heterocycles. The first-order chi connectivity index (χ1) is 16.8. The minimum absolute atomic E-state index is 0.0214. The van der Waals surface area contributed by atoms with Crippen molar-refractivity contribution in [2.24, 2.45) is 10.1 Å². The molecule has 1 N–H and O–H groups in total. The Morgan fingerprint density at radius 3 is 2.54 bits per heavy atom. The largest absolute Gasteiger partial charge is 0.495 e. The summed E-state index contributed by atoms with van der Waals surface area (Å²) >= 11 is 1.30. The molecular formula is C27H25N5O2S. The van der Waals surface area contributed by atoms with Crippen molar-refractivity contribution in [2.45, 2.75) is 27.7 Å². The van der Waals surface area contributed by atoms with E-state index in [-0.39, 0.29) is 11.4 Å². The monoisotopic (exact) mass is 483 g/mol. The molecule has 0 fully saturated rings. The number of hydrazone groups is 1. The number of nitrogens with one attached hydrogen (secondary N) is 1. The molecule has 1 aromatic heterocycles. The summed E-state index contributed by atoms with van der Waals surface area (Å²) in [5, 5.41) is 15.9. The molecule has 3 aromatic rings. The number of aliphatic imine (C=N–C) groups is 1. The first-order valence-electron chi connectivity index (χ1n) is 11.2. The molecule has 0 radical (unpaired) electrons. The molecule has 3 heterocycles. The Morgan fingerprint density at radius 1 is 1.03 bits per heavy atom. The molecule has 35 heavy (non-hydrogen) atoms. The summed E-state index contributed by atoms with van der Waals surface area (Å²) in [7, 11) is 1.66. The highest BCUT2D eigenvalue weighted by Crippen LogP contribution is 2.33. The summed E-state index contributed by atoms with van der Waals surface area (Å²) in [4.78, 5) is 17.2. The number of hydrogen-bond acceptors (Lipinski definition) is 5. The molecule has 7 nitrogen and oxygen atoms in total. The number of methoxy groups -OCH3 is 1. The van der Waals surface area contributed by atoms with E-state index in [2.05, 4.69) is 20.7 Å². The number of amides is 1.